The molecule has 4 rings (SSSR count). The first-order valence-corrected chi connectivity index (χ1v) is 11.2. The number of hydrogen-bond donors (Lipinski definition) is 1. The first-order valence-electron chi connectivity index (χ1n) is 10.8. The molecular weight excluding hydrogens is 511 g/mol. The van der Waals surface area contributed by atoms with Gasteiger partial charge in [-0.3, -0.25) is 14.4 Å². The zero-order valence-corrected chi connectivity index (χ0v) is 19.5. The molecule has 0 radical (unpaired) electrons. The van der Waals surface area contributed by atoms with Gasteiger partial charge >= 0.3 is 12.1 Å². The van der Waals surface area contributed by atoms with Crippen molar-refractivity contribution < 1.29 is 37.1 Å². The zero-order chi connectivity index (χ0) is 26.7. The number of esters is 1. The van der Waals surface area contributed by atoms with E-state index in [1.807, 2.05) is 0 Å². The van der Waals surface area contributed by atoms with Gasteiger partial charge < -0.3 is 10.1 Å². The molecule has 10 heteroatoms. The van der Waals surface area contributed by atoms with E-state index in [-0.39, 0.29) is 16.8 Å². The molecule has 1 heterocycles. The van der Waals surface area contributed by atoms with E-state index in [1.54, 1.807) is 42.5 Å². The summed E-state index contributed by atoms with van der Waals surface area (Å²) in [6, 6.07) is 17.3. The number of allylic oxidation sites excluding steroid dienone is 1. The van der Waals surface area contributed by atoms with Crippen LogP contribution in [0.25, 0.3) is 6.08 Å². The van der Waals surface area contributed by atoms with Crippen molar-refractivity contribution in [3.63, 3.8) is 0 Å². The maximum absolute atomic E-state index is 13.2. The number of ketones is 2. The molecule has 188 valence electrons. The molecule has 2 unspecified atom stereocenters. The highest BCUT2D eigenvalue weighted by Crippen LogP contribution is 2.38. The predicted molar refractivity (Wildman–Crippen MR) is 129 cm³/mol. The standard InChI is InChI=1S/C27H17ClF3NO5/c28-20-12-11-16(14-19(20)27(29,30)31)32-25(35)23(34)22(21(33)13-10-15-6-2-1-3-7-15)24-17-8-4-5-9-18(17)26(36)37-24/h1-14,22,24H,(H,32,35)/b13-10-. The Kier molecular flexibility index (Phi) is 7.26. The number of Topliss-reactive ketones (excluding diaryl/α,β-unsaturated/α-hetero) is 1. The number of amides is 1. The predicted octanol–water partition coefficient (Wildman–Crippen LogP) is 5.68. The Labute approximate surface area is 213 Å². The van der Waals surface area contributed by atoms with Crippen LogP contribution in [0.4, 0.5) is 18.9 Å². The minimum absolute atomic E-state index is 0.137. The van der Waals surface area contributed by atoms with Crippen LogP contribution in [0.1, 0.15) is 33.2 Å². The number of benzene rings is 3. The highest BCUT2D eigenvalue weighted by atomic mass is 35.5. The summed E-state index contributed by atoms with van der Waals surface area (Å²) in [5.41, 5.74) is -0.554. The number of fused-ring (bicyclic) bond motifs is 1. The van der Waals surface area contributed by atoms with Crippen LogP contribution in [0.2, 0.25) is 5.02 Å². The third-order valence-electron chi connectivity index (χ3n) is 5.61. The largest absolute Gasteiger partial charge is 0.453 e. The second-order valence-corrected chi connectivity index (χ2v) is 8.46. The second kappa shape index (κ2) is 10.4. The van der Waals surface area contributed by atoms with Gasteiger partial charge in [0.25, 0.3) is 5.91 Å². The molecule has 1 aliphatic rings. The van der Waals surface area contributed by atoms with Gasteiger partial charge in [0, 0.05) is 11.3 Å². The van der Waals surface area contributed by atoms with Crippen LogP contribution in [0.3, 0.4) is 0 Å². The highest BCUT2D eigenvalue weighted by Gasteiger charge is 2.45. The number of halogens is 4. The number of carbonyl (C=O) groups excluding carboxylic acids is 4. The van der Waals surface area contributed by atoms with Crippen LogP contribution in [0.5, 0.6) is 0 Å². The molecule has 37 heavy (non-hydrogen) atoms. The molecule has 2 atom stereocenters. The lowest BCUT2D eigenvalue weighted by atomic mass is 9.87. The molecular formula is C27H17ClF3NO5. The van der Waals surface area contributed by atoms with Crippen LogP contribution >= 0.6 is 11.6 Å². The topological polar surface area (TPSA) is 89.5 Å². The number of carbonyl (C=O) groups is 4. The fourth-order valence-corrected chi connectivity index (χ4v) is 4.06. The van der Waals surface area contributed by atoms with E-state index in [0.717, 1.165) is 18.2 Å². The summed E-state index contributed by atoms with van der Waals surface area (Å²) in [7, 11) is 0. The number of anilines is 1. The van der Waals surface area contributed by atoms with E-state index >= 15 is 0 Å². The van der Waals surface area contributed by atoms with Gasteiger partial charge in [-0.15, -0.1) is 0 Å². The van der Waals surface area contributed by atoms with Crippen LogP contribution in [-0.4, -0.2) is 23.4 Å². The molecule has 0 saturated carbocycles. The summed E-state index contributed by atoms with van der Waals surface area (Å²) in [4.78, 5) is 51.6. The number of nitrogens with one attached hydrogen (secondary N) is 1. The van der Waals surface area contributed by atoms with Crippen molar-refractivity contribution in [1.29, 1.82) is 0 Å². The number of cyclic esters (lactones) is 1. The zero-order valence-electron chi connectivity index (χ0n) is 18.8. The average Bonchev–Trinajstić information content (AvgIpc) is 3.20. The van der Waals surface area contributed by atoms with Crippen molar-refractivity contribution in [2.45, 2.75) is 12.3 Å². The number of alkyl halides is 3. The fraction of sp³-hybridized carbons (Fsp3) is 0.111. The maximum atomic E-state index is 13.2. The van der Waals surface area contributed by atoms with Gasteiger partial charge in [-0.2, -0.15) is 13.2 Å². The van der Waals surface area contributed by atoms with Gasteiger partial charge in [-0.05, 0) is 35.9 Å². The van der Waals surface area contributed by atoms with E-state index < -0.39 is 52.2 Å². The van der Waals surface area contributed by atoms with Crippen molar-refractivity contribution in [1.82, 2.24) is 0 Å². The quantitative estimate of drug-likeness (QED) is 0.185. The molecule has 3 aromatic carbocycles. The third kappa shape index (κ3) is 5.62. The van der Waals surface area contributed by atoms with Gasteiger partial charge in [-0.1, -0.05) is 66.2 Å². The lowest BCUT2D eigenvalue weighted by Crippen LogP contribution is -2.37. The third-order valence-corrected chi connectivity index (χ3v) is 5.94. The fourth-order valence-electron chi connectivity index (χ4n) is 3.84. The Hall–Kier alpha value is -4.24. The number of rotatable bonds is 7. The SMILES string of the molecule is O=C(Nc1ccc(Cl)c(C(F)(F)F)c1)C(=O)C(C(=O)/C=C\c1ccccc1)C1OC(=O)c2ccccc21. The minimum atomic E-state index is -4.80. The normalized spacial score (nSPS) is 15.7. The first kappa shape index (κ1) is 25.8. The van der Waals surface area contributed by atoms with E-state index in [4.69, 9.17) is 16.3 Å². The van der Waals surface area contributed by atoms with Gasteiger partial charge in [0.2, 0.25) is 5.78 Å². The smallest absolute Gasteiger partial charge is 0.417 e. The molecule has 0 fully saturated rings. The Morgan fingerprint density at radius 3 is 2.35 bits per heavy atom. The molecule has 0 spiro atoms. The number of hydrogen-bond acceptors (Lipinski definition) is 5. The van der Waals surface area contributed by atoms with Gasteiger partial charge in [0.15, 0.2) is 5.78 Å². The minimum Gasteiger partial charge on any atom is -0.453 e. The van der Waals surface area contributed by atoms with Gasteiger partial charge in [0.1, 0.15) is 12.0 Å². The molecule has 0 aromatic heterocycles. The van der Waals surface area contributed by atoms with E-state index in [2.05, 4.69) is 5.32 Å². The van der Waals surface area contributed by atoms with E-state index in [1.165, 1.54) is 18.2 Å². The molecule has 1 amide bonds. The average molecular weight is 528 g/mol. The lowest BCUT2D eigenvalue weighted by Gasteiger charge is -2.20. The maximum Gasteiger partial charge on any atom is 0.417 e. The van der Waals surface area contributed by atoms with E-state index in [0.29, 0.717) is 11.6 Å². The molecule has 0 bridgehead atoms. The summed E-state index contributed by atoms with van der Waals surface area (Å²) in [6.45, 7) is 0. The Morgan fingerprint density at radius 2 is 1.65 bits per heavy atom. The van der Waals surface area contributed by atoms with Gasteiger partial charge in [-0.25, -0.2) is 4.79 Å². The summed E-state index contributed by atoms with van der Waals surface area (Å²) < 4.78 is 44.9. The first-order chi connectivity index (χ1) is 17.6. The molecule has 0 saturated heterocycles. The highest BCUT2D eigenvalue weighted by molar-refractivity contribution is 6.45. The van der Waals surface area contributed by atoms with Crippen molar-refractivity contribution in [2.75, 3.05) is 5.32 Å². The molecule has 6 nitrogen and oxygen atoms in total. The van der Waals surface area contributed by atoms with Gasteiger partial charge in [0.05, 0.1) is 16.1 Å². The summed E-state index contributed by atoms with van der Waals surface area (Å²) in [6.07, 6.45) is -3.68. The molecule has 3 aromatic rings. The summed E-state index contributed by atoms with van der Waals surface area (Å²) in [5, 5.41) is 1.49. The summed E-state index contributed by atoms with van der Waals surface area (Å²) in [5.74, 6) is -6.03. The summed E-state index contributed by atoms with van der Waals surface area (Å²) >= 11 is 5.60. The monoisotopic (exact) mass is 527 g/mol. The Balaban J connectivity index is 1.66. The molecule has 1 N–H and O–H groups in total. The van der Waals surface area contributed by atoms with Crippen LogP contribution in [-0.2, 0) is 25.3 Å². The van der Waals surface area contributed by atoms with Crippen molar-refractivity contribution >= 4 is 46.8 Å². The molecule has 1 aliphatic heterocycles. The van der Waals surface area contributed by atoms with Crippen molar-refractivity contribution in [3.05, 3.63) is 106 Å². The van der Waals surface area contributed by atoms with Crippen molar-refractivity contribution in [3.8, 4) is 0 Å². The second-order valence-electron chi connectivity index (χ2n) is 8.05. The van der Waals surface area contributed by atoms with E-state index in [9.17, 15) is 32.3 Å². The number of ether oxygens (including phenoxy) is 1. The van der Waals surface area contributed by atoms with Crippen LogP contribution < -0.4 is 5.32 Å². The van der Waals surface area contributed by atoms with Crippen LogP contribution in [0, 0.1) is 5.92 Å². The van der Waals surface area contributed by atoms with Crippen LogP contribution in [0.15, 0.2) is 78.9 Å². The Morgan fingerprint density at radius 1 is 0.973 bits per heavy atom. The van der Waals surface area contributed by atoms with Crippen molar-refractivity contribution in [2.24, 2.45) is 5.92 Å². The lowest BCUT2D eigenvalue weighted by molar-refractivity contribution is -0.143. The Bertz CT molecular complexity index is 1420. The molecule has 0 aliphatic carbocycles.